The summed E-state index contributed by atoms with van der Waals surface area (Å²) in [5.41, 5.74) is 0.997. The molecule has 0 bridgehead atoms. The topological polar surface area (TPSA) is 75.8 Å². The van der Waals surface area contributed by atoms with E-state index in [1.165, 1.54) is 0 Å². The standard InChI is InChI=1S/C10H14N3Si/c1-2-8(7-11)9-5-3-4-6-10(9)14(12)13/h3-6,8H,2,12-13H2,1H3. The summed E-state index contributed by atoms with van der Waals surface area (Å²) in [6.07, 6.45) is 0.794. The van der Waals surface area contributed by atoms with E-state index < -0.39 is 9.12 Å². The van der Waals surface area contributed by atoms with Crippen LogP contribution >= 0.6 is 0 Å². The molecule has 4 heteroatoms. The average Bonchev–Trinajstić information content (AvgIpc) is 2.20. The van der Waals surface area contributed by atoms with E-state index in [0.717, 1.165) is 17.2 Å². The van der Waals surface area contributed by atoms with Gasteiger partial charge in [-0.25, -0.2) is 0 Å². The largest absolute Gasteiger partial charge is 0.336 e. The van der Waals surface area contributed by atoms with Crippen LogP contribution in [0, 0.1) is 11.3 Å². The summed E-state index contributed by atoms with van der Waals surface area (Å²) in [6, 6.07) is 9.96. The van der Waals surface area contributed by atoms with Crippen LogP contribution in [-0.2, 0) is 0 Å². The molecule has 0 aliphatic rings. The number of nitrogens with zero attached hydrogens (tertiary/aromatic N) is 1. The van der Waals surface area contributed by atoms with Crippen molar-refractivity contribution in [3.63, 3.8) is 0 Å². The normalized spacial score (nSPS) is 12.5. The first-order valence-corrected chi connectivity index (χ1v) is 6.23. The Hall–Kier alpha value is -1.15. The second-order valence-corrected chi connectivity index (χ2v) is 4.58. The third-order valence-electron chi connectivity index (χ3n) is 2.21. The maximum atomic E-state index is 8.97. The van der Waals surface area contributed by atoms with E-state index in [1.54, 1.807) is 0 Å². The molecule has 0 saturated heterocycles. The van der Waals surface area contributed by atoms with Crippen LogP contribution in [0.2, 0.25) is 0 Å². The van der Waals surface area contributed by atoms with E-state index in [1.807, 2.05) is 31.2 Å². The SMILES string of the molecule is CCC(C#N)c1ccccc1[Si](N)N. The summed E-state index contributed by atoms with van der Waals surface area (Å²) >= 11 is 0. The van der Waals surface area contributed by atoms with E-state index in [2.05, 4.69) is 6.07 Å². The average molecular weight is 204 g/mol. The van der Waals surface area contributed by atoms with Crippen LogP contribution in [0.15, 0.2) is 24.3 Å². The monoisotopic (exact) mass is 204 g/mol. The molecule has 1 unspecified atom stereocenters. The molecule has 1 aromatic carbocycles. The Bertz CT molecular complexity index is 343. The summed E-state index contributed by atoms with van der Waals surface area (Å²) < 4.78 is 0. The first-order chi connectivity index (χ1) is 6.70. The van der Waals surface area contributed by atoms with Crippen molar-refractivity contribution in [1.82, 2.24) is 0 Å². The minimum Gasteiger partial charge on any atom is -0.336 e. The number of nitrogens with two attached hydrogens (primary N) is 2. The van der Waals surface area contributed by atoms with Crippen LogP contribution in [0.1, 0.15) is 24.8 Å². The van der Waals surface area contributed by atoms with Crippen molar-refractivity contribution in [1.29, 1.82) is 5.26 Å². The molecule has 0 saturated carbocycles. The number of hydrogen-bond donors (Lipinski definition) is 2. The molecule has 0 aliphatic carbocycles. The van der Waals surface area contributed by atoms with Crippen molar-refractivity contribution < 1.29 is 0 Å². The van der Waals surface area contributed by atoms with Gasteiger partial charge < -0.3 is 10.8 Å². The lowest BCUT2D eigenvalue weighted by atomic mass is 9.98. The first kappa shape index (κ1) is 10.9. The van der Waals surface area contributed by atoms with Crippen molar-refractivity contribution in [3.8, 4) is 6.07 Å². The van der Waals surface area contributed by atoms with Gasteiger partial charge in [0.05, 0.1) is 12.0 Å². The number of benzene rings is 1. The fourth-order valence-electron chi connectivity index (χ4n) is 1.44. The highest BCUT2D eigenvalue weighted by molar-refractivity contribution is 6.67. The molecule has 1 atom stereocenters. The van der Waals surface area contributed by atoms with Gasteiger partial charge in [-0.15, -0.1) is 0 Å². The van der Waals surface area contributed by atoms with Crippen LogP contribution in [0.3, 0.4) is 0 Å². The lowest BCUT2D eigenvalue weighted by Crippen LogP contribution is -2.50. The zero-order valence-electron chi connectivity index (χ0n) is 8.20. The smallest absolute Gasteiger partial charge is 0.255 e. The van der Waals surface area contributed by atoms with Gasteiger partial charge in [0.1, 0.15) is 0 Å². The highest BCUT2D eigenvalue weighted by atomic mass is 28.3. The molecule has 0 amide bonds. The van der Waals surface area contributed by atoms with E-state index in [0.29, 0.717) is 0 Å². The van der Waals surface area contributed by atoms with Gasteiger partial charge in [0.2, 0.25) is 0 Å². The van der Waals surface area contributed by atoms with E-state index >= 15 is 0 Å². The predicted molar refractivity (Wildman–Crippen MR) is 58.8 cm³/mol. The zero-order chi connectivity index (χ0) is 10.6. The minimum atomic E-state index is -1.46. The van der Waals surface area contributed by atoms with Gasteiger partial charge in [0.25, 0.3) is 9.12 Å². The molecule has 14 heavy (non-hydrogen) atoms. The molecule has 0 spiro atoms. The van der Waals surface area contributed by atoms with Crippen molar-refractivity contribution in [3.05, 3.63) is 29.8 Å². The molecular weight excluding hydrogens is 190 g/mol. The van der Waals surface area contributed by atoms with Gasteiger partial charge in [-0.05, 0) is 17.2 Å². The Morgan fingerprint density at radius 3 is 2.57 bits per heavy atom. The second kappa shape index (κ2) is 4.91. The molecular formula is C10H14N3Si. The third kappa shape index (κ3) is 2.20. The van der Waals surface area contributed by atoms with Crippen LogP contribution in [0.25, 0.3) is 0 Å². The Morgan fingerprint density at radius 2 is 2.07 bits per heavy atom. The Kier molecular flexibility index (Phi) is 3.83. The molecule has 0 fully saturated rings. The molecule has 0 heterocycles. The number of hydrogen-bond acceptors (Lipinski definition) is 3. The van der Waals surface area contributed by atoms with Gasteiger partial charge >= 0.3 is 0 Å². The van der Waals surface area contributed by atoms with Crippen LogP contribution in [0.5, 0.6) is 0 Å². The summed E-state index contributed by atoms with van der Waals surface area (Å²) in [7, 11) is -1.46. The summed E-state index contributed by atoms with van der Waals surface area (Å²) in [5.74, 6) is -0.0849. The predicted octanol–water partition coefficient (Wildman–Crippen LogP) is 0.316. The van der Waals surface area contributed by atoms with Gasteiger partial charge in [-0.2, -0.15) is 5.26 Å². The van der Waals surface area contributed by atoms with Gasteiger partial charge in [-0.3, -0.25) is 0 Å². The molecule has 1 rings (SSSR count). The molecule has 0 aromatic heterocycles. The molecule has 1 aromatic rings. The van der Waals surface area contributed by atoms with Crippen molar-refractivity contribution in [2.45, 2.75) is 19.3 Å². The maximum absolute atomic E-state index is 8.97. The van der Waals surface area contributed by atoms with Gasteiger partial charge in [0.15, 0.2) is 0 Å². The van der Waals surface area contributed by atoms with E-state index in [4.69, 9.17) is 16.1 Å². The van der Waals surface area contributed by atoms with Crippen LogP contribution in [-0.4, -0.2) is 9.12 Å². The van der Waals surface area contributed by atoms with E-state index in [9.17, 15) is 0 Å². The Balaban J connectivity index is 3.13. The van der Waals surface area contributed by atoms with Gasteiger partial charge in [0, 0.05) is 0 Å². The molecule has 73 valence electrons. The summed E-state index contributed by atoms with van der Waals surface area (Å²) in [6.45, 7) is 1.99. The zero-order valence-corrected chi connectivity index (χ0v) is 9.20. The van der Waals surface area contributed by atoms with Crippen LogP contribution < -0.4 is 16.0 Å². The lowest BCUT2D eigenvalue weighted by Gasteiger charge is -2.13. The first-order valence-electron chi connectivity index (χ1n) is 4.57. The van der Waals surface area contributed by atoms with Crippen molar-refractivity contribution >= 4 is 14.3 Å². The third-order valence-corrected chi connectivity index (χ3v) is 3.29. The molecule has 4 N–H and O–H groups in total. The molecule has 0 aliphatic heterocycles. The van der Waals surface area contributed by atoms with Crippen LogP contribution in [0.4, 0.5) is 0 Å². The van der Waals surface area contributed by atoms with Gasteiger partial charge in [-0.1, -0.05) is 31.2 Å². The lowest BCUT2D eigenvalue weighted by molar-refractivity contribution is 0.822. The fourth-order valence-corrected chi connectivity index (χ4v) is 2.32. The Labute approximate surface area is 86.1 Å². The minimum absolute atomic E-state index is 0.0849. The Morgan fingerprint density at radius 1 is 1.43 bits per heavy atom. The summed E-state index contributed by atoms with van der Waals surface area (Å²) in [5, 5.41) is 21.4. The second-order valence-electron chi connectivity index (χ2n) is 3.13. The highest BCUT2D eigenvalue weighted by Gasteiger charge is 2.15. The van der Waals surface area contributed by atoms with Crippen molar-refractivity contribution in [2.24, 2.45) is 10.8 Å². The quantitative estimate of drug-likeness (QED) is 0.696. The highest BCUT2D eigenvalue weighted by Crippen LogP contribution is 2.15. The summed E-state index contributed by atoms with van der Waals surface area (Å²) in [4.78, 5) is 0. The van der Waals surface area contributed by atoms with Crippen molar-refractivity contribution in [2.75, 3.05) is 0 Å². The van der Waals surface area contributed by atoms with E-state index in [-0.39, 0.29) is 5.92 Å². The maximum Gasteiger partial charge on any atom is 0.255 e. The molecule has 1 radical (unpaired) electrons. The number of nitriles is 1. The number of rotatable bonds is 3. The fraction of sp³-hybridized carbons (Fsp3) is 0.300. The molecule has 3 nitrogen and oxygen atoms in total.